The fourth-order valence-electron chi connectivity index (χ4n) is 2.80. The average molecular weight is 418 g/mol. The highest BCUT2D eigenvalue weighted by atomic mass is 32.2. The first-order chi connectivity index (χ1) is 13.9. The van der Waals surface area contributed by atoms with Crippen LogP contribution in [-0.2, 0) is 11.2 Å². The fraction of sp³-hybridized carbons (Fsp3) is 0.435. The molecule has 0 aliphatic carbocycles. The quantitative estimate of drug-likeness (QED) is 0.423. The summed E-state index contributed by atoms with van der Waals surface area (Å²) < 4.78 is 16.2. The summed E-state index contributed by atoms with van der Waals surface area (Å²) in [4.78, 5) is 13.3. The number of nitrogens with one attached hydrogen (secondary N) is 1. The first-order valence-electron chi connectivity index (χ1n) is 9.85. The third-order valence-corrected chi connectivity index (χ3v) is 5.37. The third kappa shape index (κ3) is 7.54. The van der Waals surface area contributed by atoms with E-state index in [0.29, 0.717) is 18.0 Å². The second kappa shape index (κ2) is 11.6. The molecule has 1 amide bonds. The molecule has 0 aromatic heterocycles. The van der Waals surface area contributed by atoms with E-state index in [2.05, 4.69) is 17.4 Å². The zero-order valence-electron chi connectivity index (χ0n) is 17.9. The van der Waals surface area contributed by atoms with Gasteiger partial charge in [-0.15, -0.1) is 11.8 Å². The molecule has 6 heteroatoms. The summed E-state index contributed by atoms with van der Waals surface area (Å²) in [5, 5.41) is 2.83. The highest BCUT2D eigenvalue weighted by Crippen LogP contribution is 2.33. The van der Waals surface area contributed by atoms with E-state index >= 15 is 0 Å². The second-order valence-electron chi connectivity index (χ2n) is 6.98. The summed E-state index contributed by atoms with van der Waals surface area (Å²) in [6.07, 6.45) is 1.98. The molecule has 2 rings (SSSR count). The number of methoxy groups -OCH3 is 2. The summed E-state index contributed by atoms with van der Waals surface area (Å²) in [6, 6.07) is 13.8. The third-order valence-electron chi connectivity index (χ3n) is 4.27. The number of thioether (sulfide) groups is 1. The molecule has 158 valence electrons. The van der Waals surface area contributed by atoms with Gasteiger partial charge in [0.2, 0.25) is 5.91 Å². The van der Waals surface area contributed by atoms with Crippen LogP contribution in [-0.4, -0.2) is 38.0 Å². The van der Waals surface area contributed by atoms with Gasteiger partial charge >= 0.3 is 0 Å². The molecule has 0 heterocycles. The molecule has 29 heavy (non-hydrogen) atoms. The highest BCUT2D eigenvalue weighted by molar-refractivity contribution is 8.00. The minimum Gasteiger partial charge on any atom is -0.493 e. The molecule has 1 atom stereocenters. The highest BCUT2D eigenvalue weighted by Gasteiger charge is 2.15. The van der Waals surface area contributed by atoms with E-state index in [1.807, 2.05) is 51.1 Å². The van der Waals surface area contributed by atoms with Crippen LogP contribution in [0.15, 0.2) is 47.4 Å². The fourth-order valence-corrected chi connectivity index (χ4v) is 3.72. The maximum atomic E-state index is 12.4. The van der Waals surface area contributed by atoms with Crippen LogP contribution in [0.3, 0.4) is 0 Å². The first kappa shape index (κ1) is 22.9. The average Bonchev–Trinajstić information content (AvgIpc) is 2.71. The molecule has 0 saturated carbocycles. The molecule has 0 aliphatic rings. The topological polar surface area (TPSA) is 56.8 Å². The summed E-state index contributed by atoms with van der Waals surface area (Å²) >= 11 is 1.50. The maximum absolute atomic E-state index is 12.4. The minimum atomic E-state index is -0.194. The van der Waals surface area contributed by atoms with E-state index in [9.17, 15) is 4.79 Å². The molecule has 0 bridgehead atoms. The van der Waals surface area contributed by atoms with Crippen LogP contribution in [0.2, 0.25) is 0 Å². The Morgan fingerprint density at radius 1 is 1.00 bits per heavy atom. The van der Waals surface area contributed by atoms with Crippen LogP contribution >= 0.6 is 11.8 Å². The minimum absolute atomic E-state index is 0.0328. The standard InChI is InChI=1S/C23H31NO4S/c1-16(2)28-19-10-8-18(9-11-19)7-6-14-24-23(25)17(3)29-20-12-13-21(26-4)22(15-20)27-5/h8-13,15-17H,6-7,14H2,1-5H3,(H,24,25). The van der Waals surface area contributed by atoms with Crippen molar-refractivity contribution in [3.63, 3.8) is 0 Å². The van der Waals surface area contributed by atoms with Gasteiger partial charge in [-0.2, -0.15) is 0 Å². The van der Waals surface area contributed by atoms with Gasteiger partial charge in [0.1, 0.15) is 5.75 Å². The lowest BCUT2D eigenvalue weighted by molar-refractivity contribution is -0.120. The van der Waals surface area contributed by atoms with E-state index in [0.717, 1.165) is 23.5 Å². The van der Waals surface area contributed by atoms with Gasteiger partial charge in [-0.1, -0.05) is 12.1 Å². The lowest BCUT2D eigenvalue weighted by Gasteiger charge is -2.14. The van der Waals surface area contributed by atoms with Crippen molar-refractivity contribution >= 4 is 17.7 Å². The Kier molecular flexibility index (Phi) is 9.19. The monoisotopic (exact) mass is 417 g/mol. The summed E-state index contributed by atoms with van der Waals surface area (Å²) in [5.74, 6) is 2.26. The van der Waals surface area contributed by atoms with Gasteiger partial charge in [-0.25, -0.2) is 0 Å². The summed E-state index contributed by atoms with van der Waals surface area (Å²) in [7, 11) is 3.21. The lowest BCUT2D eigenvalue weighted by Crippen LogP contribution is -2.31. The number of aryl methyl sites for hydroxylation is 1. The number of benzene rings is 2. The first-order valence-corrected chi connectivity index (χ1v) is 10.7. The van der Waals surface area contributed by atoms with Gasteiger partial charge < -0.3 is 19.5 Å². The van der Waals surface area contributed by atoms with E-state index < -0.39 is 0 Å². The van der Waals surface area contributed by atoms with Crippen LogP contribution in [0.4, 0.5) is 0 Å². The molecule has 1 N–H and O–H groups in total. The summed E-state index contributed by atoms with van der Waals surface area (Å²) in [5.41, 5.74) is 1.24. The zero-order valence-corrected chi connectivity index (χ0v) is 18.7. The van der Waals surface area contributed by atoms with Crippen molar-refractivity contribution in [3.05, 3.63) is 48.0 Å². The number of rotatable bonds is 11. The van der Waals surface area contributed by atoms with Crippen molar-refractivity contribution in [1.29, 1.82) is 0 Å². The smallest absolute Gasteiger partial charge is 0.233 e. The van der Waals surface area contributed by atoms with Gasteiger partial charge in [0.05, 0.1) is 25.6 Å². The predicted molar refractivity (Wildman–Crippen MR) is 118 cm³/mol. The van der Waals surface area contributed by atoms with E-state index in [-0.39, 0.29) is 17.3 Å². The van der Waals surface area contributed by atoms with Crippen LogP contribution in [0.25, 0.3) is 0 Å². The summed E-state index contributed by atoms with van der Waals surface area (Å²) in [6.45, 7) is 6.59. The number of amides is 1. The molecule has 0 radical (unpaired) electrons. The molecule has 0 spiro atoms. The Labute approximate surface area is 178 Å². The van der Waals surface area contributed by atoms with Gasteiger partial charge in [0, 0.05) is 11.4 Å². The number of hydrogen-bond acceptors (Lipinski definition) is 5. The Balaban J connectivity index is 1.74. The molecule has 0 aliphatic heterocycles. The Morgan fingerprint density at radius 3 is 2.31 bits per heavy atom. The van der Waals surface area contributed by atoms with Crippen molar-refractivity contribution in [1.82, 2.24) is 5.32 Å². The molecule has 0 saturated heterocycles. The Hall–Kier alpha value is -2.34. The SMILES string of the molecule is COc1ccc(SC(C)C(=O)NCCCc2ccc(OC(C)C)cc2)cc1OC. The van der Waals surface area contributed by atoms with Crippen molar-refractivity contribution in [2.24, 2.45) is 0 Å². The van der Waals surface area contributed by atoms with Crippen molar-refractivity contribution < 1.29 is 19.0 Å². The Bertz CT molecular complexity index is 777. The van der Waals surface area contributed by atoms with Gasteiger partial charge in [0.25, 0.3) is 0 Å². The molecule has 5 nitrogen and oxygen atoms in total. The molecular formula is C23H31NO4S. The van der Waals surface area contributed by atoms with Crippen molar-refractivity contribution in [3.8, 4) is 17.2 Å². The van der Waals surface area contributed by atoms with Crippen molar-refractivity contribution in [2.45, 2.75) is 49.9 Å². The van der Waals surface area contributed by atoms with Crippen LogP contribution in [0, 0.1) is 0 Å². The molecule has 2 aromatic carbocycles. The van der Waals surface area contributed by atoms with Gasteiger partial charge in [-0.3, -0.25) is 4.79 Å². The predicted octanol–water partition coefficient (Wildman–Crippen LogP) is 4.72. The van der Waals surface area contributed by atoms with Gasteiger partial charge in [0.15, 0.2) is 11.5 Å². The molecular weight excluding hydrogens is 386 g/mol. The maximum Gasteiger partial charge on any atom is 0.233 e. The normalized spacial score (nSPS) is 11.8. The second-order valence-corrected chi connectivity index (χ2v) is 8.40. The van der Waals surface area contributed by atoms with Crippen LogP contribution < -0.4 is 19.5 Å². The van der Waals surface area contributed by atoms with Crippen LogP contribution in [0.5, 0.6) is 17.2 Å². The van der Waals surface area contributed by atoms with Crippen LogP contribution in [0.1, 0.15) is 32.8 Å². The van der Waals surface area contributed by atoms with E-state index in [1.165, 1.54) is 17.3 Å². The van der Waals surface area contributed by atoms with E-state index in [1.54, 1.807) is 14.2 Å². The lowest BCUT2D eigenvalue weighted by atomic mass is 10.1. The molecule has 1 unspecified atom stereocenters. The van der Waals surface area contributed by atoms with E-state index in [4.69, 9.17) is 14.2 Å². The largest absolute Gasteiger partial charge is 0.493 e. The zero-order chi connectivity index (χ0) is 21.2. The number of ether oxygens (including phenoxy) is 3. The number of carbonyl (C=O) groups is 1. The molecule has 2 aromatic rings. The Morgan fingerprint density at radius 2 is 1.69 bits per heavy atom. The van der Waals surface area contributed by atoms with Gasteiger partial charge in [-0.05, 0) is 69.5 Å². The molecule has 0 fully saturated rings. The number of hydrogen-bond donors (Lipinski definition) is 1. The number of carbonyl (C=O) groups excluding carboxylic acids is 1. The van der Waals surface area contributed by atoms with Crippen molar-refractivity contribution in [2.75, 3.05) is 20.8 Å².